The molecular weight excluding hydrogens is 300 g/mol. The lowest BCUT2D eigenvalue weighted by molar-refractivity contribution is -0.152. The smallest absolute Gasteiger partial charge is 0.246 e. The Kier molecular flexibility index (Phi) is 5.54. The molecule has 2 fully saturated rings. The Balaban J connectivity index is 1.81. The summed E-state index contributed by atoms with van der Waals surface area (Å²) in [5, 5.41) is 3.06. The minimum Gasteiger partial charge on any atom is -0.342 e. The second-order valence-electron chi connectivity index (χ2n) is 7.14. The van der Waals surface area contributed by atoms with Gasteiger partial charge in [0, 0.05) is 6.54 Å². The van der Waals surface area contributed by atoms with Crippen LogP contribution in [0.5, 0.6) is 0 Å². The average Bonchev–Trinajstić information content (AvgIpc) is 2.62. The van der Waals surface area contributed by atoms with Crippen molar-refractivity contribution in [1.29, 1.82) is 0 Å². The van der Waals surface area contributed by atoms with E-state index in [9.17, 15) is 9.59 Å². The highest BCUT2D eigenvalue weighted by molar-refractivity contribution is 5.97. The van der Waals surface area contributed by atoms with Crippen molar-refractivity contribution in [2.45, 2.75) is 70.5 Å². The van der Waals surface area contributed by atoms with Crippen molar-refractivity contribution in [2.75, 3.05) is 0 Å². The van der Waals surface area contributed by atoms with Crippen LogP contribution in [0.1, 0.15) is 57.4 Å². The van der Waals surface area contributed by atoms with E-state index in [0.29, 0.717) is 12.5 Å². The molecule has 130 valence electrons. The summed E-state index contributed by atoms with van der Waals surface area (Å²) in [5.41, 5.74) is 1.09. The van der Waals surface area contributed by atoms with Gasteiger partial charge in [0.2, 0.25) is 11.8 Å². The predicted molar refractivity (Wildman–Crippen MR) is 94.2 cm³/mol. The zero-order valence-electron chi connectivity index (χ0n) is 14.5. The van der Waals surface area contributed by atoms with Crippen LogP contribution in [0.15, 0.2) is 30.3 Å². The summed E-state index contributed by atoms with van der Waals surface area (Å²) in [4.78, 5) is 27.7. The fourth-order valence-electron chi connectivity index (χ4n) is 4.10. The number of carbonyl (C=O) groups excluding carboxylic acids is 2. The molecule has 1 heterocycles. The van der Waals surface area contributed by atoms with E-state index in [-0.39, 0.29) is 23.9 Å². The van der Waals surface area contributed by atoms with Crippen LogP contribution in [0.25, 0.3) is 0 Å². The lowest BCUT2D eigenvalue weighted by Crippen LogP contribution is -2.64. The molecule has 1 saturated carbocycles. The third kappa shape index (κ3) is 3.63. The molecule has 2 unspecified atom stereocenters. The van der Waals surface area contributed by atoms with Gasteiger partial charge in [-0.2, -0.15) is 0 Å². The summed E-state index contributed by atoms with van der Waals surface area (Å²) in [7, 11) is 0. The normalized spacial score (nSPS) is 25.6. The van der Waals surface area contributed by atoms with Crippen molar-refractivity contribution >= 4 is 11.8 Å². The molecule has 0 radical (unpaired) electrons. The zero-order chi connectivity index (χ0) is 16.9. The Hall–Kier alpha value is -1.84. The number of carbonyl (C=O) groups is 2. The van der Waals surface area contributed by atoms with Crippen LogP contribution in [0, 0.1) is 5.92 Å². The van der Waals surface area contributed by atoms with Crippen molar-refractivity contribution < 1.29 is 9.59 Å². The van der Waals surface area contributed by atoms with Gasteiger partial charge in [-0.1, -0.05) is 62.9 Å². The van der Waals surface area contributed by atoms with E-state index in [0.717, 1.165) is 31.2 Å². The van der Waals surface area contributed by atoms with E-state index in [1.807, 2.05) is 35.2 Å². The van der Waals surface area contributed by atoms with Crippen LogP contribution in [0.2, 0.25) is 0 Å². The van der Waals surface area contributed by atoms with Gasteiger partial charge in [-0.25, -0.2) is 0 Å². The third-order valence-corrected chi connectivity index (χ3v) is 5.40. The van der Waals surface area contributed by atoms with Gasteiger partial charge in [0.05, 0.1) is 0 Å². The summed E-state index contributed by atoms with van der Waals surface area (Å²) >= 11 is 0. The molecule has 4 nitrogen and oxygen atoms in total. The van der Waals surface area contributed by atoms with E-state index < -0.39 is 0 Å². The molecule has 3 rings (SSSR count). The van der Waals surface area contributed by atoms with Gasteiger partial charge in [-0.15, -0.1) is 0 Å². The molecule has 0 aromatic heterocycles. The fraction of sp³-hybridized carbons (Fsp3) is 0.600. The van der Waals surface area contributed by atoms with E-state index in [2.05, 4.69) is 12.2 Å². The first-order valence-corrected chi connectivity index (χ1v) is 9.35. The maximum Gasteiger partial charge on any atom is 0.246 e. The second kappa shape index (κ2) is 7.82. The van der Waals surface area contributed by atoms with Gasteiger partial charge >= 0.3 is 0 Å². The third-order valence-electron chi connectivity index (χ3n) is 5.40. The topological polar surface area (TPSA) is 49.4 Å². The van der Waals surface area contributed by atoms with Crippen LogP contribution in [0.3, 0.4) is 0 Å². The average molecular weight is 328 g/mol. The van der Waals surface area contributed by atoms with E-state index >= 15 is 0 Å². The first kappa shape index (κ1) is 17.0. The SMILES string of the molecule is CCCC1C(=O)NC(C2CCCCC2)C(=O)N1Cc1ccccc1. The van der Waals surface area contributed by atoms with Crippen molar-refractivity contribution in [3.63, 3.8) is 0 Å². The van der Waals surface area contributed by atoms with Gasteiger partial charge in [0.25, 0.3) is 0 Å². The van der Waals surface area contributed by atoms with E-state index in [4.69, 9.17) is 0 Å². The highest BCUT2D eigenvalue weighted by Crippen LogP contribution is 2.30. The zero-order valence-corrected chi connectivity index (χ0v) is 14.5. The minimum atomic E-state index is -0.331. The summed E-state index contributed by atoms with van der Waals surface area (Å²) in [6.07, 6.45) is 7.30. The lowest BCUT2D eigenvalue weighted by Gasteiger charge is -2.42. The molecule has 1 aliphatic heterocycles. The molecule has 1 N–H and O–H groups in total. The maximum absolute atomic E-state index is 13.2. The van der Waals surface area contributed by atoms with Gasteiger partial charge in [-0.05, 0) is 30.7 Å². The van der Waals surface area contributed by atoms with Crippen LogP contribution < -0.4 is 5.32 Å². The summed E-state index contributed by atoms with van der Waals surface area (Å²) in [6.45, 7) is 2.59. The summed E-state index contributed by atoms with van der Waals surface area (Å²) < 4.78 is 0. The lowest BCUT2D eigenvalue weighted by atomic mass is 9.82. The maximum atomic E-state index is 13.2. The highest BCUT2D eigenvalue weighted by atomic mass is 16.2. The number of amides is 2. The highest BCUT2D eigenvalue weighted by Gasteiger charge is 2.43. The van der Waals surface area contributed by atoms with Gasteiger partial charge in [0.15, 0.2) is 0 Å². The molecule has 1 saturated heterocycles. The van der Waals surface area contributed by atoms with Crippen molar-refractivity contribution in [3.8, 4) is 0 Å². The quantitative estimate of drug-likeness (QED) is 0.902. The van der Waals surface area contributed by atoms with Gasteiger partial charge in [-0.3, -0.25) is 9.59 Å². The minimum absolute atomic E-state index is 0.0305. The van der Waals surface area contributed by atoms with Gasteiger partial charge in [0.1, 0.15) is 12.1 Å². The number of benzene rings is 1. The summed E-state index contributed by atoms with van der Waals surface area (Å²) in [5.74, 6) is 0.447. The Morgan fingerprint density at radius 3 is 2.46 bits per heavy atom. The largest absolute Gasteiger partial charge is 0.342 e. The molecule has 2 atom stereocenters. The van der Waals surface area contributed by atoms with Gasteiger partial charge < -0.3 is 10.2 Å². The molecule has 4 heteroatoms. The number of hydrogen-bond acceptors (Lipinski definition) is 2. The molecule has 1 aromatic rings. The fourth-order valence-corrected chi connectivity index (χ4v) is 4.10. The van der Waals surface area contributed by atoms with E-state index in [1.54, 1.807) is 0 Å². The Morgan fingerprint density at radius 2 is 1.79 bits per heavy atom. The molecule has 2 amide bonds. The summed E-state index contributed by atoms with van der Waals surface area (Å²) in [6, 6.07) is 9.34. The molecule has 1 aliphatic carbocycles. The number of nitrogens with zero attached hydrogens (tertiary/aromatic N) is 1. The first-order valence-electron chi connectivity index (χ1n) is 9.35. The Bertz CT molecular complexity index is 566. The molecule has 0 bridgehead atoms. The molecule has 24 heavy (non-hydrogen) atoms. The number of hydrogen-bond donors (Lipinski definition) is 1. The van der Waals surface area contributed by atoms with Crippen LogP contribution in [0.4, 0.5) is 0 Å². The number of nitrogens with one attached hydrogen (secondary N) is 1. The predicted octanol–water partition coefficient (Wildman–Crippen LogP) is 3.26. The van der Waals surface area contributed by atoms with Crippen LogP contribution >= 0.6 is 0 Å². The molecular formula is C20H28N2O2. The van der Waals surface area contributed by atoms with Crippen molar-refractivity contribution in [1.82, 2.24) is 10.2 Å². The Morgan fingerprint density at radius 1 is 1.08 bits per heavy atom. The van der Waals surface area contributed by atoms with Crippen LogP contribution in [-0.2, 0) is 16.1 Å². The number of rotatable bonds is 5. The van der Waals surface area contributed by atoms with Crippen molar-refractivity contribution in [3.05, 3.63) is 35.9 Å². The number of piperazine rings is 1. The van der Waals surface area contributed by atoms with E-state index in [1.165, 1.54) is 19.3 Å². The molecule has 0 spiro atoms. The second-order valence-corrected chi connectivity index (χ2v) is 7.14. The Labute approximate surface area is 144 Å². The standard InChI is InChI=1S/C20H28N2O2/c1-2-9-17-19(23)21-18(16-12-7-4-8-13-16)20(24)22(17)14-15-10-5-3-6-11-15/h3,5-6,10-11,16-18H,2,4,7-9,12-14H2,1H3,(H,21,23). The molecule has 1 aromatic carbocycles. The first-order chi connectivity index (χ1) is 11.7. The van der Waals surface area contributed by atoms with Crippen molar-refractivity contribution in [2.24, 2.45) is 5.92 Å². The molecule has 2 aliphatic rings. The monoisotopic (exact) mass is 328 g/mol. The van der Waals surface area contributed by atoms with Crippen LogP contribution in [-0.4, -0.2) is 28.8 Å².